The van der Waals surface area contributed by atoms with Crippen molar-refractivity contribution in [3.05, 3.63) is 35.3 Å². The molecule has 9 heteroatoms. The molecule has 204 valence electrons. The van der Waals surface area contributed by atoms with Crippen molar-refractivity contribution in [3.63, 3.8) is 0 Å². The Morgan fingerprint density at radius 3 is 2.62 bits per heavy atom. The van der Waals surface area contributed by atoms with Gasteiger partial charge in [0.2, 0.25) is 0 Å². The molecule has 1 amide bonds. The van der Waals surface area contributed by atoms with Crippen LogP contribution in [-0.4, -0.2) is 84.2 Å². The number of carbonyl (C=O) groups excluding carboxylic acids is 1. The number of rotatable bonds is 4. The predicted molar refractivity (Wildman–Crippen MR) is 148 cm³/mol. The summed E-state index contributed by atoms with van der Waals surface area (Å²) in [6.45, 7) is 9.10. The topological polar surface area (TPSA) is 83.1 Å². The molecule has 0 radical (unpaired) electrons. The molecule has 5 aliphatic rings. The van der Waals surface area contributed by atoms with Crippen molar-refractivity contribution in [2.45, 2.75) is 57.1 Å². The molecule has 7 rings (SSSR count). The Hall–Kier alpha value is -3.35. The second kappa shape index (κ2) is 10.3. The number of nitrogens with one attached hydrogen (secondary N) is 1. The molecule has 4 fully saturated rings. The number of anilines is 3. The quantitative estimate of drug-likeness (QED) is 0.606. The number of nitrogens with zero attached hydrogens (tertiary/aromatic N) is 5. The Morgan fingerprint density at radius 2 is 1.87 bits per heavy atom. The average molecular weight is 529 g/mol. The van der Waals surface area contributed by atoms with Crippen LogP contribution in [-0.2, 0) is 16.1 Å². The minimum absolute atomic E-state index is 0.0479. The predicted octanol–water partition coefficient (Wildman–Crippen LogP) is 3.24. The average Bonchev–Trinajstić information content (AvgIpc) is 3.79. The molecular formula is C30H36N6O3. The van der Waals surface area contributed by atoms with Crippen LogP contribution in [0, 0.1) is 11.8 Å². The molecule has 3 saturated heterocycles. The molecule has 0 bridgehead atoms. The van der Waals surface area contributed by atoms with Crippen molar-refractivity contribution in [2.24, 2.45) is 0 Å². The molecule has 9 nitrogen and oxygen atoms in total. The molecule has 0 unspecified atom stereocenters. The highest BCUT2D eigenvalue weighted by Crippen LogP contribution is 2.49. The summed E-state index contributed by atoms with van der Waals surface area (Å²) in [6, 6.07) is 4.76. The number of carbonyl (C=O) groups is 1. The lowest BCUT2D eigenvalue weighted by Gasteiger charge is -2.47. The van der Waals surface area contributed by atoms with Gasteiger partial charge >= 0.3 is 0 Å². The lowest BCUT2D eigenvalue weighted by atomic mass is 9.90. The molecule has 1 N–H and O–H groups in total. The molecule has 0 aromatic carbocycles. The van der Waals surface area contributed by atoms with Gasteiger partial charge in [0.25, 0.3) is 5.91 Å². The second-order valence-electron chi connectivity index (χ2n) is 11.3. The minimum Gasteiger partial charge on any atom is -0.485 e. The van der Waals surface area contributed by atoms with Gasteiger partial charge < -0.3 is 24.6 Å². The number of morpholine rings is 1. The molecule has 1 aliphatic carbocycles. The molecule has 2 aromatic rings. The van der Waals surface area contributed by atoms with Gasteiger partial charge in [-0.05, 0) is 63.7 Å². The third-order valence-corrected chi connectivity index (χ3v) is 8.83. The van der Waals surface area contributed by atoms with Gasteiger partial charge in [-0.1, -0.05) is 5.92 Å². The zero-order valence-corrected chi connectivity index (χ0v) is 22.6. The van der Waals surface area contributed by atoms with E-state index in [1.807, 2.05) is 11.1 Å². The monoisotopic (exact) mass is 528 g/mol. The highest BCUT2D eigenvalue weighted by molar-refractivity contribution is 5.94. The van der Waals surface area contributed by atoms with E-state index in [0.717, 1.165) is 93.8 Å². The van der Waals surface area contributed by atoms with Crippen molar-refractivity contribution >= 4 is 23.1 Å². The van der Waals surface area contributed by atoms with Crippen LogP contribution >= 0.6 is 0 Å². The first-order valence-electron chi connectivity index (χ1n) is 14.4. The van der Waals surface area contributed by atoms with Crippen LogP contribution in [0.4, 0.5) is 17.2 Å². The van der Waals surface area contributed by atoms with Crippen molar-refractivity contribution in [1.82, 2.24) is 19.8 Å². The van der Waals surface area contributed by atoms with Gasteiger partial charge in [0.1, 0.15) is 12.4 Å². The summed E-state index contributed by atoms with van der Waals surface area (Å²) in [5.41, 5.74) is 5.56. The Kier molecular flexibility index (Phi) is 6.53. The van der Waals surface area contributed by atoms with Crippen molar-refractivity contribution in [3.8, 4) is 17.6 Å². The summed E-state index contributed by atoms with van der Waals surface area (Å²) < 4.78 is 12.1. The molecule has 4 aliphatic heterocycles. The lowest BCUT2D eigenvalue weighted by Crippen LogP contribution is -2.61. The number of likely N-dealkylation sites (tertiary alicyclic amines) is 2. The number of aromatic nitrogens is 2. The Balaban J connectivity index is 1.09. The number of hydrogen-bond acceptors (Lipinski definition) is 8. The van der Waals surface area contributed by atoms with Gasteiger partial charge in [0, 0.05) is 61.6 Å². The second-order valence-corrected chi connectivity index (χ2v) is 11.3. The first-order valence-corrected chi connectivity index (χ1v) is 14.4. The maximum atomic E-state index is 12.0. The summed E-state index contributed by atoms with van der Waals surface area (Å²) in [5, 5.41) is 3.66. The summed E-state index contributed by atoms with van der Waals surface area (Å²) in [5.74, 6) is 8.01. The standard InChI is InChI=1S/C30H36N6O3/c1-2-3-27(37)36-17-22(18-36)34-10-7-20(8-11-34)24-16-25-29(28(32-24)21-4-5-21)39-19-23-26(6-9-31-30(23)33-25)35-12-14-38-15-13-35/h6,9,16,20-22H,4-5,7-8,10-15,17-19H2,1H3,(H,31,33). The highest BCUT2D eigenvalue weighted by atomic mass is 16.5. The summed E-state index contributed by atoms with van der Waals surface area (Å²) in [7, 11) is 0. The van der Waals surface area contributed by atoms with Crippen LogP contribution in [0.3, 0.4) is 0 Å². The maximum Gasteiger partial charge on any atom is 0.298 e. The van der Waals surface area contributed by atoms with Crippen molar-refractivity contribution in [1.29, 1.82) is 0 Å². The summed E-state index contributed by atoms with van der Waals surface area (Å²) in [6.07, 6.45) is 6.39. The highest BCUT2D eigenvalue weighted by Gasteiger charge is 2.38. The third kappa shape index (κ3) is 4.81. The zero-order chi connectivity index (χ0) is 26.3. The number of fused-ring (bicyclic) bond motifs is 2. The first kappa shape index (κ1) is 24.7. The Labute approximate surface area is 229 Å². The fourth-order valence-electron chi connectivity index (χ4n) is 6.36. The van der Waals surface area contributed by atoms with E-state index in [2.05, 4.69) is 39.1 Å². The van der Waals surface area contributed by atoms with Crippen LogP contribution < -0.4 is 15.0 Å². The van der Waals surface area contributed by atoms with Gasteiger partial charge in [-0.2, -0.15) is 0 Å². The van der Waals surface area contributed by atoms with E-state index in [-0.39, 0.29) is 5.91 Å². The normalized spacial score (nSPS) is 21.9. The summed E-state index contributed by atoms with van der Waals surface area (Å²) in [4.78, 5) is 28.7. The molecule has 0 spiro atoms. The number of hydrogen-bond donors (Lipinski definition) is 1. The molecule has 39 heavy (non-hydrogen) atoms. The van der Waals surface area contributed by atoms with E-state index in [9.17, 15) is 4.79 Å². The Bertz CT molecular complexity index is 1310. The fourth-order valence-corrected chi connectivity index (χ4v) is 6.36. The van der Waals surface area contributed by atoms with E-state index < -0.39 is 0 Å². The van der Waals surface area contributed by atoms with Crippen molar-refractivity contribution in [2.75, 3.05) is 62.7 Å². The largest absolute Gasteiger partial charge is 0.485 e. The number of amides is 1. The van der Waals surface area contributed by atoms with Gasteiger partial charge in [-0.3, -0.25) is 14.7 Å². The molecular weight excluding hydrogens is 492 g/mol. The summed E-state index contributed by atoms with van der Waals surface area (Å²) >= 11 is 0. The Morgan fingerprint density at radius 1 is 1.08 bits per heavy atom. The molecule has 0 atom stereocenters. The SMILES string of the molecule is CC#CC(=O)N1CC(N2CCC(c3cc4c(c(C5CC5)n3)OCc3c(N5CCOCC5)ccnc3N4)CC2)C1. The molecule has 2 aromatic heterocycles. The number of piperidine rings is 1. The van der Waals surface area contributed by atoms with Crippen LogP contribution in [0.5, 0.6) is 5.75 Å². The lowest BCUT2D eigenvalue weighted by molar-refractivity contribution is -0.132. The van der Waals surface area contributed by atoms with Gasteiger partial charge in [0.15, 0.2) is 5.75 Å². The van der Waals surface area contributed by atoms with Gasteiger partial charge in [0.05, 0.1) is 30.2 Å². The van der Waals surface area contributed by atoms with E-state index >= 15 is 0 Å². The maximum absolute atomic E-state index is 12.0. The van der Waals surface area contributed by atoms with E-state index in [4.69, 9.17) is 19.4 Å². The molecule has 1 saturated carbocycles. The van der Waals surface area contributed by atoms with Gasteiger partial charge in [-0.25, -0.2) is 4.98 Å². The third-order valence-electron chi connectivity index (χ3n) is 8.83. The van der Waals surface area contributed by atoms with Crippen LogP contribution in [0.1, 0.15) is 61.4 Å². The van der Waals surface area contributed by atoms with E-state index in [1.165, 1.54) is 24.2 Å². The minimum atomic E-state index is -0.0479. The van der Waals surface area contributed by atoms with Gasteiger partial charge in [-0.15, -0.1) is 0 Å². The van der Waals surface area contributed by atoms with Crippen molar-refractivity contribution < 1.29 is 14.3 Å². The van der Waals surface area contributed by atoms with Crippen LogP contribution in [0.15, 0.2) is 18.3 Å². The number of pyridine rings is 2. The number of ether oxygens (including phenoxy) is 2. The molecule has 6 heterocycles. The fraction of sp³-hybridized carbons (Fsp3) is 0.567. The van der Waals surface area contributed by atoms with E-state index in [1.54, 1.807) is 6.92 Å². The van der Waals surface area contributed by atoms with Crippen LogP contribution in [0.2, 0.25) is 0 Å². The zero-order valence-electron chi connectivity index (χ0n) is 22.6. The first-order chi connectivity index (χ1) is 19.2. The smallest absolute Gasteiger partial charge is 0.298 e. The van der Waals surface area contributed by atoms with Crippen LogP contribution in [0.25, 0.3) is 0 Å². The van der Waals surface area contributed by atoms with E-state index in [0.29, 0.717) is 24.5 Å².